The molecule has 0 aliphatic rings. The average Bonchev–Trinajstić information content (AvgIpc) is 3.14. The van der Waals surface area contributed by atoms with Crippen LogP contribution >= 0.6 is 11.3 Å². The number of carbonyl (C=O) groups excluding carboxylic acids is 2. The molecule has 3 aromatic rings. The summed E-state index contributed by atoms with van der Waals surface area (Å²) in [5.41, 5.74) is 2.38. The molecule has 3 heterocycles. The monoisotopic (exact) mass is 399 g/mol. The zero-order chi connectivity index (χ0) is 20.3. The lowest BCUT2D eigenvalue weighted by Gasteiger charge is -2.13. The highest BCUT2D eigenvalue weighted by Crippen LogP contribution is 2.33. The van der Waals surface area contributed by atoms with Gasteiger partial charge in [0.25, 0.3) is 11.1 Å². The van der Waals surface area contributed by atoms with Crippen molar-refractivity contribution in [2.24, 2.45) is 0 Å². The van der Waals surface area contributed by atoms with E-state index in [-0.39, 0.29) is 11.5 Å². The van der Waals surface area contributed by atoms with Crippen molar-refractivity contribution in [2.45, 2.75) is 13.8 Å². The lowest BCUT2D eigenvalue weighted by Crippen LogP contribution is -2.14. The molecule has 0 saturated heterocycles. The summed E-state index contributed by atoms with van der Waals surface area (Å²) in [7, 11) is 2.96. The average molecular weight is 399 g/mol. The standard InChI is InChI=1S/C18H17N5O4S/c1-9-5-11(12-6-14(10(2)24)20-8-15(12)26-3)13(7-19-9)16(25)21-17-22-23-18(27-4)28-17/h5-8H,1-4H3,(H,21,22,25). The molecule has 0 bridgehead atoms. The number of aromatic nitrogens is 4. The highest BCUT2D eigenvalue weighted by molar-refractivity contribution is 7.17. The molecule has 28 heavy (non-hydrogen) atoms. The number of rotatable bonds is 6. The second-order valence-electron chi connectivity index (χ2n) is 5.73. The lowest BCUT2D eigenvalue weighted by molar-refractivity contribution is 0.100. The maximum absolute atomic E-state index is 12.9. The Bertz CT molecular complexity index is 1050. The van der Waals surface area contributed by atoms with Gasteiger partial charge < -0.3 is 9.47 Å². The predicted molar refractivity (Wildman–Crippen MR) is 103 cm³/mol. The Kier molecular flexibility index (Phi) is 5.59. The number of ketones is 1. The third-order valence-corrected chi connectivity index (χ3v) is 4.63. The minimum Gasteiger partial charge on any atom is -0.494 e. The number of anilines is 1. The second kappa shape index (κ2) is 8.09. The third kappa shape index (κ3) is 3.96. The van der Waals surface area contributed by atoms with Crippen molar-refractivity contribution in [1.29, 1.82) is 0 Å². The zero-order valence-corrected chi connectivity index (χ0v) is 16.5. The Balaban J connectivity index is 2.07. The number of aryl methyl sites for hydroxylation is 1. The molecule has 0 spiro atoms. The van der Waals surface area contributed by atoms with Gasteiger partial charge in [-0.25, -0.2) is 4.98 Å². The maximum Gasteiger partial charge on any atom is 0.295 e. The molecule has 0 radical (unpaired) electrons. The first-order valence-electron chi connectivity index (χ1n) is 8.13. The van der Waals surface area contributed by atoms with Gasteiger partial charge in [0.15, 0.2) is 5.78 Å². The summed E-state index contributed by atoms with van der Waals surface area (Å²) in [5, 5.41) is 10.9. The second-order valence-corrected chi connectivity index (χ2v) is 6.67. The molecule has 0 saturated carbocycles. The van der Waals surface area contributed by atoms with Crippen molar-refractivity contribution in [1.82, 2.24) is 20.2 Å². The third-order valence-electron chi connectivity index (χ3n) is 3.83. The van der Waals surface area contributed by atoms with Crippen LogP contribution in [0.1, 0.15) is 33.5 Å². The van der Waals surface area contributed by atoms with Crippen LogP contribution in [0.2, 0.25) is 0 Å². The van der Waals surface area contributed by atoms with Gasteiger partial charge in [-0.2, -0.15) is 0 Å². The van der Waals surface area contributed by atoms with E-state index in [1.54, 1.807) is 19.1 Å². The van der Waals surface area contributed by atoms with Crippen LogP contribution in [-0.4, -0.2) is 46.1 Å². The molecule has 0 fully saturated rings. The quantitative estimate of drug-likeness (QED) is 0.629. The van der Waals surface area contributed by atoms with Crippen molar-refractivity contribution in [3.63, 3.8) is 0 Å². The van der Waals surface area contributed by atoms with Gasteiger partial charge >= 0.3 is 0 Å². The van der Waals surface area contributed by atoms with Gasteiger partial charge in [0.2, 0.25) is 5.13 Å². The van der Waals surface area contributed by atoms with Crippen LogP contribution in [-0.2, 0) is 0 Å². The van der Waals surface area contributed by atoms with Gasteiger partial charge in [0.05, 0.1) is 26.0 Å². The summed E-state index contributed by atoms with van der Waals surface area (Å²) >= 11 is 1.10. The van der Waals surface area contributed by atoms with E-state index in [1.165, 1.54) is 33.5 Å². The van der Waals surface area contributed by atoms with Crippen LogP contribution in [0, 0.1) is 6.92 Å². The number of methoxy groups -OCH3 is 2. The van der Waals surface area contributed by atoms with Gasteiger partial charge in [0.1, 0.15) is 11.4 Å². The summed E-state index contributed by atoms with van der Waals surface area (Å²) in [5.74, 6) is -0.187. The molecular weight excluding hydrogens is 382 g/mol. The van der Waals surface area contributed by atoms with Crippen molar-refractivity contribution < 1.29 is 19.1 Å². The molecule has 1 amide bonds. The molecular formula is C18H17N5O4S. The van der Waals surface area contributed by atoms with Crippen LogP contribution in [0.4, 0.5) is 5.13 Å². The molecule has 0 aliphatic heterocycles. The zero-order valence-electron chi connectivity index (χ0n) is 15.6. The number of hydrogen-bond acceptors (Lipinski definition) is 9. The molecule has 0 unspecified atom stereocenters. The van der Waals surface area contributed by atoms with Gasteiger partial charge in [-0.1, -0.05) is 5.10 Å². The molecule has 0 aromatic carbocycles. The van der Waals surface area contributed by atoms with E-state index in [1.807, 2.05) is 0 Å². The highest BCUT2D eigenvalue weighted by atomic mass is 32.1. The summed E-state index contributed by atoms with van der Waals surface area (Å²) in [6.07, 6.45) is 2.92. The number of Topliss-reactive ketones (excluding diaryl/α,β-unsaturated/α-hetero) is 1. The van der Waals surface area contributed by atoms with E-state index in [0.717, 1.165) is 11.3 Å². The number of pyridine rings is 2. The molecule has 10 heteroatoms. The van der Waals surface area contributed by atoms with Crippen molar-refractivity contribution >= 4 is 28.2 Å². The smallest absolute Gasteiger partial charge is 0.295 e. The SMILES string of the molecule is COc1nnc(NC(=O)c2cnc(C)cc2-c2cc(C(C)=O)ncc2OC)s1. The first-order chi connectivity index (χ1) is 13.4. The molecule has 3 rings (SSSR count). The Morgan fingerprint density at radius 1 is 1.04 bits per heavy atom. The van der Waals surface area contributed by atoms with Crippen LogP contribution in [0.3, 0.4) is 0 Å². The highest BCUT2D eigenvalue weighted by Gasteiger charge is 2.20. The summed E-state index contributed by atoms with van der Waals surface area (Å²) in [4.78, 5) is 32.9. The van der Waals surface area contributed by atoms with E-state index in [0.29, 0.717) is 38.5 Å². The first-order valence-corrected chi connectivity index (χ1v) is 8.95. The minimum absolute atomic E-state index is 0.193. The fraction of sp³-hybridized carbons (Fsp3) is 0.222. The predicted octanol–water partition coefficient (Wildman–Crippen LogP) is 2.78. The molecule has 1 N–H and O–H groups in total. The summed E-state index contributed by atoms with van der Waals surface area (Å²) in [6, 6.07) is 3.35. The number of nitrogens with zero attached hydrogens (tertiary/aromatic N) is 4. The van der Waals surface area contributed by atoms with Gasteiger partial charge in [0, 0.05) is 29.9 Å². The van der Waals surface area contributed by atoms with Gasteiger partial charge in [-0.05, 0) is 30.4 Å². The molecule has 9 nitrogen and oxygen atoms in total. The minimum atomic E-state index is -0.426. The summed E-state index contributed by atoms with van der Waals surface area (Å²) < 4.78 is 10.4. The molecule has 0 aliphatic carbocycles. The largest absolute Gasteiger partial charge is 0.494 e. The van der Waals surface area contributed by atoms with Crippen LogP contribution in [0.25, 0.3) is 11.1 Å². The van der Waals surface area contributed by atoms with E-state index in [9.17, 15) is 9.59 Å². The van der Waals surface area contributed by atoms with E-state index in [2.05, 4.69) is 25.5 Å². The number of amides is 1. The normalized spacial score (nSPS) is 10.4. The van der Waals surface area contributed by atoms with Crippen LogP contribution in [0.15, 0.2) is 24.5 Å². The van der Waals surface area contributed by atoms with Gasteiger partial charge in [-0.3, -0.25) is 19.9 Å². The fourth-order valence-electron chi connectivity index (χ4n) is 2.48. The fourth-order valence-corrected chi connectivity index (χ4v) is 3.04. The number of carbonyl (C=O) groups is 2. The Hall–Kier alpha value is -3.40. The van der Waals surface area contributed by atoms with E-state index < -0.39 is 5.91 Å². The van der Waals surface area contributed by atoms with E-state index in [4.69, 9.17) is 9.47 Å². The Morgan fingerprint density at radius 2 is 1.82 bits per heavy atom. The number of nitrogens with one attached hydrogen (secondary N) is 1. The Morgan fingerprint density at radius 3 is 2.46 bits per heavy atom. The molecule has 3 aromatic heterocycles. The molecule has 144 valence electrons. The topological polar surface area (TPSA) is 116 Å². The van der Waals surface area contributed by atoms with Crippen LogP contribution in [0.5, 0.6) is 10.9 Å². The number of ether oxygens (including phenoxy) is 2. The Labute approximate surface area is 164 Å². The molecule has 0 atom stereocenters. The van der Waals surface area contributed by atoms with Crippen molar-refractivity contribution in [3.8, 4) is 22.1 Å². The summed E-state index contributed by atoms with van der Waals surface area (Å²) in [6.45, 7) is 3.23. The van der Waals surface area contributed by atoms with E-state index >= 15 is 0 Å². The maximum atomic E-state index is 12.9. The lowest BCUT2D eigenvalue weighted by atomic mass is 9.99. The van der Waals surface area contributed by atoms with Crippen molar-refractivity contribution in [2.75, 3.05) is 19.5 Å². The first kappa shape index (κ1) is 19.4. The van der Waals surface area contributed by atoms with Crippen molar-refractivity contribution in [3.05, 3.63) is 41.5 Å². The number of hydrogen-bond donors (Lipinski definition) is 1. The van der Waals surface area contributed by atoms with Crippen LogP contribution < -0.4 is 14.8 Å². The van der Waals surface area contributed by atoms with Gasteiger partial charge in [-0.15, -0.1) is 5.10 Å².